The van der Waals surface area contributed by atoms with Gasteiger partial charge in [-0.05, 0) is 12.8 Å². The van der Waals surface area contributed by atoms with Crippen LogP contribution in [0.1, 0.15) is 39.5 Å². The molecule has 0 aromatic carbocycles. The zero-order valence-electron chi connectivity index (χ0n) is 15.5. The Bertz CT molecular complexity index is 556. The molecule has 0 fully saturated rings. The van der Waals surface area contributed by atoms with Gasteiger partial charge in [-0.25, -0.2) is 0 Å². The molecule has 0 aromatic rings. The van der Waals surface area contributed by atoms with Crippen molar-refractivity contribution >= 4 is 42.3 Å². The number of hydrogen-bond acceptors (Lipinski definition) is 8. The predicted molar refractivity (Wildman–Crippen MR) is 98.9 cm³/mol. The van der Waals surface area contributed by atoms with E-state index in [0.29, 0.717) is 6.42 Å². The van der Waals surface area contributed by atoms with Crippen LogP contribution in [0.5, 0.6) is 0 Å². The molecule has 0 aliphatic carbocycles. The van der Waals surface area contributed by atoms with Crippen molar-refractivity contribution in [3.63, 3.8) is 0 Å². The van der Waals surface area contributed by atoms with Crippen molar-refractivity contribution in [1.82, 2.24) is 10.2 Å². The van der Waals surface area contributed by atoms with E-state index in [4.69, 9.17) is 15.6 Å². The number of thiol groups is 1. The van der Waals surface area contributed by atoms with Crippen LogP contribution in [0.3, 0.4) is 0 Å². The van der Waals surface area contributed by atoms with Gasteiger partial charge in [0.15, 0.2) is 0 Å². The number of carbonyl (C=O) groups excluding carboxylic acids is 4. The summed E-state index contributed by atoms with van der Waals surface area (Å²) >= 11 is 3.99. The number of rotatable bonds is 12. The molecule has 0 rings (SSSR count). The summed E-state index contributed by atoms with van der Waals surface area (Å²) in [6.07, 6.45) is 0.258. The Hall–Kier alpha value is -2.14. The summed E-state index contributed by atoms with van der Waals surface area (Å²) in [5.74, 6) is -4.24. The monoisotopic (exact) mass is 405 g/mol. The molecular weight excluding hydrogens is 378 g/mol. The van der Waals surface area contributed by atoms with Crippen LogP contribution in [-0.4, -0.2) is 70.7 Å². The van der Waals surface area contributed by atoms with E-state index in [2.05, 4.69) is 17.9 Å². The van der Waals surface area contributed by atoms with Gasteiger partial charge in [0.25, 0.3) is 0 Å². The number of carbonyl (C=O) groups is 5. The van der Waals surface area contributed by atoms with E-state index in [1.165, 1.54) is 6.92 Å². The molecule has 0 radical (unpaired) electrons. The Morgan fingerprint density at radius 2 is 1.81 bits per heavy atom. The molecule has 0 aliphatic rings. The van der Waals surface area contributed by atoms with Crippen molar-refractivity contribution in [2.24, 2.45) is 5.73 Å². The fourth-order valence-electron chi connectivity index (χ4n) is 2.05. The van der Waals surface area contributed by atoms with Gasteiger partial charge in [-0.2, -0.15) is 12.6 Å². The summed E-state index contributed by atoms with van der Waals surface area (Å²) in [6, 6.07) is -2.30. The molecule has 0 aromatic heterocycles. The van der Waals surface area contributed by atoms with Gasteiger partial charge in [0.05, 0.1) is 6.61 Å². The van der Waals surface area contributed by atoms with Gasteiger partial charge in [0.1, 0.15) is 18.6 Å². The van der Waals surface area contributed by atoms with E-state index in [9.17, 15) is 24.0 Å². The highest BCUT2D eigenvalue weighted by atomic mass is 32.1. The number of esters is 1. The number of carboxylic acid groups (broad SMARTS) is 1. The molecule has 0 spiro atoms. The number of ether oxygens (including phenoxy) is 1. The Labute approximate surface area is 163 Å². The number of amides is 3. The smallest absolute Gasteiger partial charge is 0.322 e. The van der Waals surface area contributed by atoms with Crippen LogP contribution < -0.4 is 11.1 Å². The normalized spacial score (nSPS) is 12.6. The summed E-state index contributed by atoms with van der Waals surface area (Å²) in [4.78, 5) is 59.8. The lowest BCUT2D eigenvalue weighted by atomic mass is 10.1. The van der Waals surface area contributed by atoms with Crippen molar-refractivity contribution in [3.8, 4) is 0 Å². The van der Waals surface area contributed by atoms with Gasteiger partial charge in [0.2, 0.25) is 17.7 Å². The van der Waals surface area contributed by atoms with E-state index in [1.807, 2.05) is 6.92 Å². The molecular formula is C16H27N3O7S. The number of imide groups is 1. The summed E-state index contributed by atoms with van der Waals surface area (Å²) in [5, 5.41) is 10.8. The molecule has 11 heteroatoms. The number of nitrogens with two attached hydrogens (primary N) is 1. The van der Waals surface area contributed by atoms with E-state index in [-0.39, 0.29) is 31.6 Å². The molecule has 10 nitrogen and oxygen atoms in total. The first-order valence-corrected chi connectivity index (χ1v) is 9.20. The van der Waals surface area contributed by atoms with Crippen molar-refractivity contribution in [2.45, 2.75) is 51.6 Å². The predicted octanol–water partition coefficient (Wildman–Crippen LogP) is -0.688. The molecule has 0 heterocycles. The highest BCUT2D eigenvalue weighted by molar-refractivity contribution is 7.80. The Morgan fingerprint density at radius 1 is 1.19 bits per heavy atom. The fourth-order valence-corrected chi connectivity index (χ4v) is 2.38. The van der Waals surface area contributed by atoms with Crippen LogP contribution in [0.25, 0.3) is 0 Å². The molecule has 0 bridgehead atoms. The topological polar surface area (TPSA) is 156 Å². The van der Waals surface area contributed by atoms with Crippen molar-refractivity contribution < 1.29 is 33.8 Å². The molecule has 154 valence electrons. The van der Waals surface area contributed by atoms with E-state index < -0.39 is 48.3 Å². The minimum Gasteiger partial charge on any atom is -0.480 e. The van der Waals surface area contributed by atoms with Crippen molar-refractivity contribution in [2.75, 3.05) is 18.9 Å². The quantitative estimate of drug-likeness (QED) is 0.246. The number of carboxylic acids is 1. The van der Waals surface area contributed by atoms with Crippen LogP contribution in [0.15, 0.2) is 0 Å². The second-order valence-electron chi connectivity index (χ2n) is 5.63. The molecule has 0 saturated carbocycles. The summed E-state index contributed by atoms with van der Waals surface area (Å²) in [7, 11) is 0. The van der Waals surface area contributed by atoms with E-state index >= 15 is 0 Å². The zero-order chi connectivity index (χ0) is 21.0. The first kappa shape index (κ1) is 24.9. The fraction of sp³-hybridized carbons (Fsp3) is 0.688. The number of hydrogen-bond donors (Lipinski definition) is 4. The maximum atomic E-state index is 12.5. The van der Waals surface area contributed by atoms with Crippen LogP contribution in [0.4, 0.5) is 0 Å². The Balaban J connectivity index is 5.07. The third kappa shape index (κ3) is 8.87. The Morgan fingerprint density at radius 3 is 2.30 bits per heavy atom. The number of nitrogens with one attached hydrogen (secondary N) is 1. The average Bonchev–Trinajstić information content (AvgIpc) is 2.65. The number of nitrogens with zero attached hydrogens (tertiary/aromatic N) is 1. The van der Waals surface area contributed by atoms with Crippen LogP contribution in [-0.2, 0) is 28.7 Å². The van der Waals surface area contributed by atoms with Crippen molar-refractivity contribution in [1.29, 1.82) is 0 Å². The first-order valence-electron chi connectivity index (χ1n) is 8.56. The van der Waals surface area contributed by atoms with Gasteiger partial charge in [-0.1, -0.05) is 13.8 Å². The molecule has 2 atom stereocenters. The van der Waals surface area contributed by atoms with Gasteiger partial charge in [0, 0.05) is 18.6 Å². The lowest BCUT2D eigenvalue weighted by Gasteiger charge is -2.28. The van der Waals surface area contributed by atoms with Crippen LogP contribution >= 0.6 is 12.6 Å². The largest absolute Gasteiger partial charge is 0.480 e. The third-order valence-electron chi connectivity index (χ3n) is 3.46. The molecule has 4 N–H and O–H groups in total. The van der Waals surface area contributed by atoms with Crippen LogP contribution in [0.2, 0.25) is 0 Å². The summed E-state index contributed by atoms with van der Waals surface area (Å²) in [6.45, 7) is 2.90. The molecule has 2 unspecified atom stereocenters. The second-order valence-corrected chi connectivity index (χ2v) is 6.00. The molecule has 0 saturated heterocycles. The second kappa shape index (κ2) is 13.1. The van der Waals surface area contributed by atoms with Gasteiger partial charge < -0.3 is 20.9 Å². The first-order chi connectivity index (χ1) is 12.7. The standard InChI is InChI=1S/C16H27N3O7S/c1-3-7-26-16(25)10(17)5-6-13(21)19(12(20)4-2)11(9-27)15(24)18-8-14(22)23/h10-11,27H,3-9,17H2,1-2H3,(H,18,24)(H,22,23). The maximum absolute atomic E-state index is 12.5. The molecule has 27 heavy (non-hydrogen) atoms. The third-order valence-corrected chi connectivity index (χ3v) is 3.81. The maximum Gasteiger partial charge on any atom is 0.322 e. The minimum atomic E-state index is -1.27. The lowest BCUT2D eigenvalue weighted by molar-refractivity contribution is -0.151. The Kier molecular flexibility index (Phi) is 12.1. The van der Waals surface area contributed by atoms with Crippen molar-refractivity contribution in [3.05, 3.63) is 0 Å². The summed E-state index contributed by atoms with van der Waals surface area (Å²) in [5.41, 5.74) is 5.67. The highest BCUT2D eigenvalue weighted by Crippen LogP contribution is 2.11. The molecule has 0 aliphatic heterocycles. The van der Waals surface area contributed by atoms with Gasteiger partial charge in [-0.15, -0.1) is 0 Å². The zero-order valence-corrected chi connectivity index (χ0v) is 16.4. The van der Waals surface area contributed by atoms with Gasteiger partial charge >= 0.3 is 11.9 Å². The minimum absolute atomic E-state index is 0.0488. The summed E-state index contributed by atoms with van der Waals surface area (Å²) < 4.78 is 4.89. The molecule has 3 amide bonds. The highest BCUT2D eigenvalue weighted by Gasteiger charge is 2.33. The lowest BCUT2D eigenvalue weighted by Crippen LogP contribution is -2.54. The SMILES string of the molecule is CCCOC(=O)C(N)CCC(=O)N(C(=O)CC)C(CS)C(=O)NCC(=O)O. The average molecular weight is 405 g/mol. The van der Waals surface area contributed by atoms with E-state index in [1.54, 1.807) is 0 Å². The van der Waals surface area contributed by atoms with E-state index in [0.717, 1.165) is 4.90 Å². The van der Waals surface area contributed by atoms with Crippen LogP contribution in [0, 0.1) is 0 Å². The number of aliphatic carboxylic acids is 1. The van der Waals surface area contributed by atoms with Gasteiger partial charge in [-0.3, -0.25) is 28.9 Å².